The lowest BCUT2D eigenvalue weighted by atomic mass is 9.97. The molecule has 0 aliphatic carbocycles. The molecule has 3 amide bonds. The van der Waals surface area contributed by atoms with Crippen LogP contribution in [0.2, 0.25) is 0 Å². The van der Waals surface area contributed by atoms with Crippen molar-refractivity contribution >= 4 is 40.0 Å². The number of hydrogen-bond acceptors (Lipinski definition) is 6. The second-order valence-electron chi connectivity index (χ2n) is 8.99. The molecule has 2 saturated heterocycles. The van der Waals surface area contributed by atoms with Crippen molar-refractivity contribution in [2.24, 2.45) is 0 Å². The van der Waals surface area contributed by atoms with Gasteiger partial charge < -0.3 is 19.5 Å². The molecule has 8 nitrogen and oxygen atoms in total. The molecule has 190 valence electrons. The molecule has 4 heterocycles. The largest absolute Gasteiger partial charge is 0.471 e. The van der Waals surface area contributed by atoms with E-state index in [1.165, 1.54) is 16.2 Å². The van der Waals surface area contributed by atoms with E-state index < -0.39 is 18.1 Å². The average molecular weight is 521 g/mol. The fourth-order valence-corrected chi connectivity index (χ4v) is 5.60. The quantitative estimate of drug-likeness (QED) is 0.565. The number of benzene rings is 1. The Morgan fingerprint density at radius 2 is 1.75 bits per heavy atom. The highest BCUT2D eigenvalue weighted by atomic mass is 32.1. The number of thiazole rings is 1. The van der Waals surface area contributed by atoms with E-state index in [9.17, 15) is 27.6 Å². The molecule has 0 bridgehead atoms. The standard InChI is InChI=1S/C24H23F3N4O4S/c25-24(26,27)23(34)28-16-7-10-31(12-16)21(32)17-13-36-20(29-17)14-5-8-30(9-6-14)22(33)19-11-15-3-1-2-4-18(15)35-19/h1-4,11,13-14,16H,5-10,12H2,(H,28,34). The Labute approximate surface area is 208 Å². The number of halogens is 3. The van der Waals surface area contributed by atoms with Gasteiger partial charge >= 0.3 is 12.1 Å². The van der Waals surface area contributed by atoms with Gasteiger partial charge in [-0.15, -0.1) is 11.3 Å². The number of rotatable bonds is 4. The molecular weight excluding hydrogens is 497 g/mol. The maximum Gasteiger partial charge on any atom is 0.471 e. The van der Waals surface area contributed by atoms with Crippen LogP contribution < -0.4 is 5.32 Å². The Balaban J connectivity index is 1.15. The number of amides is 3. The zero-order chi connectivity index (χ0) is 25.4. The van der Waals surface area contributed by atoms with Crippen LogP contribution in [0.15, 0.2) is 40.1 Å². The van der Waals surface area contributed by atoms with Gasteiger partial charge in [0.25, 0.3) is 11.8 Å². The molecule has 5 rings (SSSR count). The van der Waals surface area contributed by atoms with Crippen LogP contribution in [0.3, 0.4) is 0 Å². The number of furan rings is 1. The number of aromatic nitrogens is 1. The molecule has 0 radical (unpaired) electrons. The van der Waals surface area contributed by atoms with Crippen molar-refractivity contribution in [1.29, 1.82) is 0 Å². The van der Waals surface area contributed by atoms with Crippen LogP contribution in [0.1, 0.15) is 51.2 Å². The first-order valence-electron chi connectivity index (χ1n) is 11.6. The van der Waals surface area contributed by atoms with E-state index in [0.29, 0.717) is 37.3 Å². The van der Waals surface area contributed by atoms with Gasteiger partial charge in [0.1, 0.15) is 11.3 Å². The van der Waals surface area contributed by atoms with Crippen LogP contribution in [0.5, 0.6) is 0 Å². The van der Waals surface area contributed by atoms with Gasteiger partial charge in [-0.05, 0) is 31.4 Å². The molecule has 3 aromatic rings. The molecule has 1 aromatic carbocycles. The summed E-state index contributed by atoms with van der Waals surface area (Å²) in [5, 5.41) is 5.27. The van der Waals surface area contributed by atoms with Crippen LogP contribution in [-0.4, -0.2) is 70.9 Å². The topological polar surface area (TPSA) is 95.8 Å². The van der Waals surface area contributed by atoms with Crippen LogP contribution in [0, 0.1) is 0 Å². The van der Waals surface area contributed by atoms with Gasteiger partial charge in [0.15, 0.2) is 5.76 Å². The smallest absolute Gasteiger partial charge is 0.451 e. The molecule has 1 atom stereocenters. The Bertz CT molecular complexity index is 1260. The number of piperidine rings is 1. The maximum absolute atomic E-state index is 12.9. The normalized spacial score (nSPS) is 19.1. The molecule has 12 heteroatoms. The Kier molecular flexibility index (Phi) is 6.45. The predicted octanol–water partition coefficient (Wildman–Crippen LogP) is 3.80. The fourth-order valence-electron chi connectivity index (χ4n) is 4.64. The summed E-state index contributed by atoms with van der Waals surface area (Å²) >= 11 is 1.37. The summed E-state index contributed by atoms with van der Waals surface area (Å²) in [5.74, 6) is -2.09. The van der Waals surface area contributed by atoms with Crippen molar-refractivity contribution in [2.45, 2.75) is 37.4 Å². The second kappa shape index (κ2) is 9.57. The molecule has 0 spiro atoms. The van der Waals surface area contributed by atoms with E-state index >= 15 is 0 Å². The Morgan fingerprint density at radius 3 is 2.47 bits per heavy atom. The monoisotopic (exact) mass is 520 g/mol. The zero-order valence-corrected chi connectivity index (χ0v) is 19.9. The average Bonchev–Trinajstić information content (AvgIpc) is 3.62. The summed E-state index contributed by atoms with van der Waals surface area (Å²) in [6.45, 7) is 1.33. The number of carbonyl (C=O) groups is 3. The first-order valence-corrected chi connectivity index (χ1v) is 12.5. The van der Waals surface area contributed by atoms with Gasteiger partial charge in [-0.1, -0.05) is 18.2 Å². The van der Waals surface area contributed by atoms with E-state index in [2.05, 4.69) is 4.98 Å². The zero-order valence-electron chi connectivity index (χ0n) is 19.1. The first-order chi connectivity index (χ1) is 17.2. The van der Waals surface area contributed by atoms with Gasteiger partial charge in [-0.25, -0.2) is 4.98 Å². The van der Waals surface area contributed by atoms with Crippen LogP contribution in [-0.2, 0) is 4.79 Å². The molecule has 2 aliphatic heterocycles. The summed E-state index contributed by atoms with van der Waals surface area (Å²) in [5.41, 5.74) is 0.918. The molecule has 36 heavy (non-hydrogen) atoms. The number of likely N-dealkylation sites (tertiary alicyclic amines) is 2. The number of alkyl halides is 3. The third-order valence-corrected chi connectivity index (χ3v) is 7.58. The highest BCUT2D eigenvalue weighted by Crippen LogP contribution is 2.32. The van der Waals surface area contributed by atoms with Gasteiger partial charge in [0.05, 0.1) is 5.01 Å². The summed E-state index contributed by atoms with van der Waals surface area (Å²) < 4.78 is 43.1. The maximum atomic E-state index is 12.9. The number of fused-ring (bicyclic) bond motifs is 1. The van der Waals surface area contributed by atoms with Crippen molar-refractivity contribution in [3.05, 3.63) is 52.2 Å². The number of nitrogens with one attached hydrogen (secondary N) is 1. The van der Waals surface area contributed by atoms with Crippen molar-refractivity contribution < 1.29 is 32.0 Å². The SMILES string of the molecule is O=C(c1csc(C2CCN(C(=O)c3cc4ccccc4o3)CC2)n1)N1CCC(NC(=O)C(F)(F)F)C1. The van der Waals surface area contributed by atoms with E-state index in [-0.39, 0.29) is 42.9 Å². The molecule has 1 unspecified atom stereocenters. The van der Waals surface area contributed by atoms with Crippen LogP contribution in [0.25, 0.3) is 11.0 Å². The Morgan fingerprint density at radius 1 is 1.03 bits per heavy atom. The number of nitrogens with zero attached hydrogens (tertiary/aromatic N) is 3. The highest BCUT2D eigenvalue weighted by Gasteiger charge is 2.41. The van der Waals surface area contributed by atoms with Crippen molar-refractivity contribution in [3.8, 4) is 0 Å². The lowest BCUT2D eigenvalue weighted by molar-refractivity contribution is -0.174. The number of para-hydroxylation sites is 1. The third kappa shape index (κ3) is 4.95. The molecule has 0 saturated carbocycles. The summed E-state index contributed by atoms with van der Waals surface area (Å²) in [7, 11) is 0. The number of carbonyl (C=O) groups excluding carboxylic acids is 3. The minimum atomic E-state index is -4.95. The van der Waals surface area contributed by atoms with Gasteiger partial charge in [0, 0.05) is 48.9 Å². The number of hydrogen-bond donors (Lipinski definition) is 1. The summed E-state index contributed by atoms with van der Waals surface area (Å²) in [4.78, 5) is 44.5. The van der Waals surface area contributed by atoms with Crippen LogP contribution in [0.4, 0.5) is 13.2 Å². The Hall–Kier alpha value is -3.41. The first kappa shape index (κ1) is 24.3. The van der Waals surface area contributed by atoms with Gasteiger partial charge in [0.2, 0.25) is 0 Å². The predicted molar refractivity (Wildman–Crippen MR) is 125 cm³/mol. The van der Waals surface area contributed by atoms with E-state index in [4.69, 9.17) is 4.42 Å². The van der Waals surface area contributed by atoms with Gasteiger partial charge in [-0.2, -0.15) is 13.2 Å². The lowest BCUT2D eigenvalue weighted by Gasteiger charge is -2.30. The van der Waals surface area contributed by atoms with E-state index in [1.807, 2.05) is 29.6 Å². The van der Waals surface area contributed by atoms with Crippen LogP contribution >= 0.6 is 11.3 Å². The minimum Gasteiger partial charge on any atom is -0.451 e. The molecule has 2 aromatic heterocycles. The summed E-state index contributed by atoms with van der Waals surface area (Å²) in [6.07, 6.45) is -3.31. The third-order valence-electron chi connectivity index (χ3n) is 6.58. The second-order valence-corrected chi connectivity index (χ2v) is 9.88. The molecule has 1 N–H and O–H groups in total. The van der Waals surface area contributed by atoms with Crippen molar-refractivity contribution in [2.75, 3.05) is 26.2 Å². The lowest BCUT2D eigenvalue weighted by Crippen LogP contribution is -2.44. The van der Waals surface area contributed by atoms with Crippen molar-refractivity contribution in [1.82, 2.24) is 20.1 Å². The van der Waals surface area contributed by atoms with Gasteiger partial charge in [-0.3, -0.25) is 14.4 Å². The van der Waals surface area contributed by atoms with E-state index in [0.717, 1.165) is 10.4 Å². The molecule has 2 aliphatic rings. The van der Waals surface area contributed by atoms with E-state index in [1.54, 1.807) is 16.3 Å². The fraction of sp³-hybridized carbons (Fsp3) is 0.417. The minimum absolute atomic E-state index is 0.00973. The molecular formula is C24H23F3N4O4S. The highest BCUT2D eigenvalue weighted by molar-refractivity contribution is 7.09. The summed E-state index contributed by atoms with van der Waals surface area (Å²) in [6, 6.07) is 8.46. The molecule has 2 fully saturated rings. The van der Waals surface area contributed by atoms with Crippen molar-refractivity contribution in [3.63, 3.8) is 0 Å².